The fourth-order valence-electron chi connectivity index (χ4n) is 2.13. The predicted octanol–water partition coefficient (Wildman–Crippen LogP) is 0.943. The van der Waals surface area contributed by atoms with E-state index in [-0.39, 0.29) is 29.8 Å². The predicted molar refractivity (Wildman–Crippen MR) is 69.4 cm³/mol. The molecule has 1 aliphatic rings. The number of nitrogens with two attached hydrogens (primary N) is 1. The minimum atomic E-state index is -3.87. The Morgan fingerprint density at radius 3 is 2.63 bits per heavy atom. The molecule has 0 bridgehead atoms. The van der Waals surface area contributed by atoms with Crippen molar-refractivity contribution in [3.8, 4) is 0 Å². The van der Waals surface area contributed by atoms with Crippen molar-refractivity contribution in [3.05, 3.63) is 24.0 Å². The van der Waals surface area contributed by atoms with Gasteiger partial charge in [-0.3, -0.25) is 0 Å². The maximum atomic E-state index is 13.2. The zero-order valence-corrected chi connectivity index (χ0v) is 11.2. The lowest BCUT2D eigenvalue weighted by atomic mass is 9.93. The van der Waals surface area contributed by atoms with Crippen LogP contribution in [0.2, 0.25) is 0 Å². The largest absolute Gasteiger partial charge is 0.398 e. The summed E-state index contributed by atoms with van der Waals surface area (Å²) in [5.74, 6) is -0.648. The Hall–Kier alpha value is -1.18. The van der Waals surface area contributed by atoms with Crippen LogP contribution in [0, 0.1) is 5.82 Å². The van der Waals surface area contributed by atoms with Gasteiger partial charge in [0, 0.05) is 12.6 Å². The highest BCUT2D eigenvalue weighted by Gasteiger charge is 2.35. The third-order valence-corrected chi connectivity index (χ3v) is 5.37. The maximum Gasteiger partial charge on any atom is 0.245 e. The Morgan fingerprint density at radius 2 is 2.11 bits per heavy atom. The lowest BCUT2D eigenvalue weighted by Gasteiger charge is -2.36. The summed E-state index contributed by atoms with van der Waals surface area (Å²) in [6, 6.07) is 3.15. The quantitative estimate of drug-likeness (QED) is 0.790. The van der Waals surface area contributed by atoms with Crippen molar-refractivity contribution in [1.82, 2.24) is 4.31 Å². The molecule has 0 aliphatic heterocycles. The van der Waals surface area contributed by atoms with Gasteiger partial charge in [-0.05, 0) is 31.0 Å². The molecule has 0 aromatic heterocycles. The van der Waals surface area contributed by atoms with Crippen molar-refractivity contribution in [3.63, 3.8) is 0 Å². The second-order valence-electron chi connectivity index (χ2n) is 4.61. The van der Waals surface area contributed by atoms with Gasteiger partial charge in [0.1, 0.15) is 10.7 Å². The molecule has 0 amide bonds. The molecule has 1 saturated carbocycles. The molecule has 0 saturated heterocycles. The molecular formula is C12H17FN2O3S. The van der Waals surface area contributed by atoms with Gasteiger partial charge in [0.05, 0.1) is 12.3 Å². The summed E-state index contributed by atoms with van der Waals surface area (Å²) in [7, 11) is -3.87. The molecule has 0 radical (unpaired) electrons. The van der Waals surface area contributed by atoms with Gasteiger partial charge in [0.25, 0.3) is 0 Å². The van der Waals surface area contributed by atoms with E-state index in [9.17, 15) is 12.8 Å². The van der Waals surface area contributed by atoms with Crippen LogP contribution in [0.4, 0.5) is 10.1 Å². The summed E-state index contributed by atoms with van der Waals surface area (Å²) >= 11 is 0. The van der Waals surface area contributed by atoms with Gasteiger partial charge >= 0.3 is 0 Å². The van der Waals surface area contributed by atoms with Gasteiger partial charge in [0.15, 0.2) is 0 Å². The second kappa shape index (κ2) is 5.44. The van der Waals surface area contributed by atoms with Crippen LogP contribution in [0.15, 0.2) is 23.1 Å². The fraction of sp³-hybridized carbons (Fsp3) is 0.500. The molecule has 0 spiro atoms. The van der Waals surface area contributed by atoms with E-state index >= 15 is 0 Å². The molecule has 1 fully saturated rings. The van der Waals surface area contributed by atoms with Gasteiger partial charge in [-0.1, -0.05) is 6.42 Å². The highest BCUT2D eigenvalue weighted by atomic mass is 32.2. The van der Waals surface area contributed by atoms with Crippen LogP contribution in [-0.4, -0.2) is 37.0 Å². The summed E-state index contributed by atoms with van der Waals surface area (Å²) in [5, 5.41) is 9.03. The number of hydrogen-bond donors (Lipinski definition) is 2. The number of hydrogen-bond acceptors (Lipinski definition) is 4. The topological polar surface area (TPSA) is 83.6 Å². The minimum absolute atomic E-state index is 0.00293. The molecule has 1 aliphatic carbocycles. The van der Waals surface area contributed by atoms with E-state index in [1.807, 2.05) is 0 Å². The number of aliphatic hydroxyl groups excluding tert-OH is 1. The van der Waals surface area contributed by atoms with Crippen molar-refractivity contribution in [1.29, 1.82) is 0 Å². The SMILES string of the molecule is Nc1ccc(F)cc1S(=O)(=O)N(CCO)C1CCC1. The van der Waals surface area contributed by atoms with Crippen molar-refractivity contribution in [2.24, 2.45) is 0 Å². The third kappa shape index (κ3) is 2.72. The molecule has 0 heterocycles. The number of sulfonamides is 1. The molecule has 3 N–H and O–H groups in total. The Balaban J connectivity index is 2.40. The lowest BCUT2D eigenvalue weighted by molar-refractivity contribution is 0.178. The number of rotatable bonds is 5. The van der Waals surface area contributed by atoms with Crippen molar-refractivity contribution in [2.45, 2.75) is 30.2 Å². The zero-order valence-electron chi connectivity index (χ0n) is 10.4. The van der Waals surface area contributed by atoms with E-state index < -0.39 is 15.8 Å². The molecule has 0 unspecified atom stereocenters. The average molecular weight is 288 g/mol. The highest BCUT2D eigenvalue weighted by molar-refractivity contribution is 7.89. The van der Waals surface area contributed by atoms with Gasteiger partial charge in [-0.15, -0.1) is 0 Å². The number of nitrogen functional groups attached to an aromatic ring is 1. The third-order valence-electron chi connectivity index (χ3n) is 3.36. The van der Waals surface area contributed by atoms with Gasteiger partial charge in [-0.2, -0.15) is 4.31 Å². The number of halogens is 1. The molecule has 106 valence electrons. The van der Waals surface area contributed by atoms with Crippen molar-refractivity contribution < 1.29 is 17.9 Å². The first-order chi connectivity index (χ1) is 8.96. The van der Waals surface area contributed by atoms with Crippen LogP contribution in [0.1, 0.15) is 19.3 Å². The van der Waals surface area contributed by atoms with Gasteiger partial charge < -0.3 is 10.8 Å². The van der Waals surface area contributed by atoms with E-state index in [0.717, 1.165) is 31.4 Å². The number of nitrogens with zero attached hydrogens (tertiary/aromatic N) is 1. The number of anilines is 1. The van der Waals surface area contributed by atoms with E-state index in [0.29, 0.717) is 0 Å². The Bertz CT molecular complexity index is 558. The Labute approximate surface area is 111 Å². The number of aliphatic hydroxyl groups is 1. The first-order valence-corrected chi connectivity index (χ1v) is 7.58. The van der Waals surface area contributed by atoms with Crippen LogP contribution >= 0.6 is 0 Å². The standard InChI is InChI=1S/C12H17FN2O3S/c13-9-4-5-11(14)12(8-9)19(17,18)15(6-7-16)10-2-1-3-10/h4-5,8,10,16H,1-3,6-7,14H2. The van der Waals surface area contributed by atoms with Crippen molar-refractivity contribution >= 4 is 15.7 Å². The first kappa shape index (κ1) is 14.2. The van der Waals surface area contributed by atoms with E-state index in [1.54, 1.807) is 0 Å². The minimum Gasteiger partial charge on any atom is -0.398 e. The molecule has 1 aromatic rings. The Kier molecular flexibility index (Phi) is 4.07. The highest BCUT2D eigenvalue weighted by Crippen LogP contribution is 2.31. The fourth-order valence-corrected chi connectivity index (χ4v) is 3.94. The van der Waals surface area contributed by atoms with E-state index in [1.165, 1.54) is 10.4 Å². The average Bonchev–Trinajstić information content (AvgIpc) is 2.29. The molecule has 1 aromatic carbocycles. The van der Waals surface area contributed by atoms with Crippen LogP contribution in [0.5, 0.6) is 0 Å². The van der Waals surface area contributed by atoms with Crippen molar-refractivity contribution in [2.75, 3.05) is 18.9 Å². The smallest absolute Gasteiger partial charge is 0.245 e. The molecule has 2 rings (SSSR count). The normalized spacial score (nSPS) is 16.6. The van der Waals surface area contributed by atoms with Crippen LogP contribution < -0.4 is 5.73 Å². The van der Waals surface area contributed by atoms with Crippen LogP contribution in [-0.2, 0) is 10.0 Å². The summed E-state index contributed by atoms with van der Waals surface area (Å²) < 4.78 is 39.5. The van der Waals surface area contributed by atoms with E-state index in [2.05, 4.69) is 0 Å². The second-order valence-corrected chi connectivity index (χ2v) is 6.47. The summed E-state index contributed by atoms with van der Waals surface area (Å²) in [6.45, 7) is -0.270. The molecular weight excluding hydrogens is 271 g/mol. The first-order valence-electron chi connectivity index (χ1n) is 6.14. The zero-order chi connectivity index (χ0) is 14.0. The Morgan fingerprint density at radius 1 is 1.42 bits per heavy atom. The molecule has 19 heavy (non-hydrogen) atoms. The molecule has 0 atom stereocenters. The van der Waals surface area contributed by atoms with Gasteiger partial charge in [-0.25, -0.2) is 12.8 Å². The lowest BCUT2D eigenvalue weighted by Crippen LogP contribution is -2.45. The van der Waals surface area contributed by atoms with E-state index in [4.69, 9.17) is 10.8 Å². The van der Waals surface area contributed by atoms with Crippen LogP contribution in [0.3, 0.4) is 0 Å². The van der Waals surface area contributed by atoms with Gasteiger partial charge in [0.2, 0.25) is 10.0 Å². The summed E-state index contributed by atoms with van der Waals surface area (Å²) in [4.78, 5) is -0.229. The van der Waals surface area contributed by atoms with Crippen LogP contribution in [0.25, 0.3) is 0 Å². The summed E-state index contributed by atoms with van der Waals surface area (Å²) in [6.07, 6.45) is 2.48. The molecule has 5 nitrogen and oxygen atoms in total. The molecule has 7 heteroatoms. The maximum absolute atomic E-state index is 13.2. The number of benzene rings is 1. The summed E-state index contributed by atoms with van der Waals surface area (Å²) in [5.41, 5.74) is 5.65. The monoisotopic (exact) mass is 288 g/mol.